The van der Waals surface area contributed by atoms with Gasteiger partial charge in [0.1, 0.15) is 5.01 Å². The number of nitrogens with one attached hydrogen (secondary N) is 1. The van der Waals surface area contributed by atoms with Crippen LogP contribution in [0.4, 0.5) is 10.5 Å². The van der Waals surface area contributed by atoms with Crippen molar-refractivity contribution in [2.24, 2.45) is 0 Å². The van der Waals surface area contributed by atoms with Crippen LogP contribution in [-0.4, -0.2) is 35.6 Å². The van der Waals surface area contributed by atoms with E-state index in [0.29, 0.717) is 12.2 Å². The zero-order valence-corrected chi connectivity index (χ0v) is 19.7. The Labute approximate surface area is 187 Å². The number of carbonyl (C=O) groups is 1. The fourth-order valence-electron chi connectivity index (χ4n) is 3.05. The number of amides is 2. The van der Waals surface area contributed by atoms with E-state index in [4.69, 9.17) is 0 Å². The van der Waals surface area contributed by atoms with Crippen molar-refractivity contribution in [2.45, 2.75) is 50.4 Å². The van der Waals surface area contributed by atoms with Gasteiger partial charge in [-0.15, -0.1) is 11.3 Å². The van der Waals surface area contributed by atoms with Crippen molar-refractivity contribution in [1.29, 1.82) is 0 Å². The maximum absolute atomic E-state index is 12.9. The second kappa shape index (κ2) is 9.62. The highest BCUT2D eigenvalue weighted by atomic mass is 32.2. The molecule has 0 fully saturated rings. The molecule has 2 aromatic carbocycles. The van der Waals surface area contributed by atoms with Crippen molar-refractivity contribution < 1.29 is 13.2 Å². The molecular weight excluding hydrogens is 430 g/mol. The second-order valence-corrected chi connectivity index (χ2v) is 11.2. The molecule has 1 N–H and O–H groups in total. The number of carbonyl (C=O) groups excluding carboxylic acids is 1. The average Bonchev–Trinajstić information content (AvgIpc) is 3.27. The first-order valence-electron chi connectivity index (χ1n) is 10.1. The summed E-state index contributed by atoms with van der Waals surface area (Å²) in [5, 5.41) is 5.26. The highest BCUT2D eigenvalue weighted by Crippen LogP contribution is 2.24. The molecule has 1 heterocycles. The molecular formula is C23H27N3O3S2. The zero-order chi connectivity index (χ0) is 22.6. The summed E-state index contributed by atoms with van der Waals surface area (Å²) in [6, 6.07) is 14.1. The van der Waals surface area contributed by atoms with Crippen LogP contribution in [-0.2, 0) is 16.4 Å². The number of sulfone groups is 1. The predicted molar refractivity (Wildman–Crippen MR) is 126 cm³/mol. The van der Waals surface area contributed by atoms with E-state index in [-0.39, 0.29) is 17.0 Å². The lowest BCUT2D eigenvalue weighted by Gasteiger charge is -2.27. The molecule has 164 valence electrons. The lowest BCUT2D eigenvalue weighted by atomic mass is 10.1. The van der Waals surface area contributed by atoms with Crippen LogP contribution in [0.2, 0.25) is 0 Å². The summed E-state index contributed by atoms with van der Waals surface area (Å²) in [5.41, 5.74) is 2.59. The molecule has 0 atom stereocenters. The van der Waals surface area contributed by atoms with Gasteiger partial charge in [-0.2, -0.15) is 0 Å². The van der Waals surface area contributed by atoms with Gasteiger partial charge in [0.15, 0.2) is 9.84 Å². The van der Waals surface area contributed by atoms with Crippen molar-refractivity contribution in [2.75, 3.05) is 5.32 Å². The van der Waals surface area contributed by atoms with Gasteiger partial charge in [-0.1, -0.05) is 18.2 Å². The molecule has 0 spiro atoms. The Morgan fingerprint density at radius 2 is 1.81 bits per heavy atom. The summed E-state index contributed by atoms with van der Waals surface area (Å²) in [5.74, 6) is 0. The number of aromatic nitrogens is 1. The summed E-state index contributed by atoms with van der Waals surface area (Å²) in [7, 11) is -3.34. The summed E-state index contributed by atoms with van der Waals surface area (Å²) in [4.78, 5) is 19.3. The first kappa shape index (κ1) is 23.0. The Hall–Kier alpha value is -2.71. The summed E-state index contributed by atoms with van der Waals surface area (Å²) < 4.78 is 24.6. The molecule has 0 aliphatic carbocycles. The number of hydrogen-bond donors (Lipinski definition) is 1. The Morgan fingerprint density at radius 3 is 2.39 bits per heavy atom. The summed E-state index contributed by atoms with van der Waals surface area (Å²) >= 11 is 1.58. The molecule has 3 rings (SSSR count). The van der Waals surface area contributed by atoms with Gasteiger partial charge in [-0.05, 0) is 63.6 Å². The van der Waals surface area contributed by atoms with E-state index in [2.05, 4.69) is 10.3 Å². The first-order valence-corrected chi connectivity index (χ1v) is 12.5. The van der Waals surface area contributed by atoms with Crippen molar-refractivity contribution in [3.8, 4) is 10.6 Å². The van der Waals surface area contributed by atoms with Gasteiger partial charge in [0.2, 0.25) is 0 Å². The van der Waals surface area contributed by atoms with Gasteiger partial charge in [0.05, 0.1) is 10.1 Å². The normalized spacial score (nSPS) is 11.7. The minimum absolute atomic E-state index is 0.0240. The smallest absolute Gasteiger partial charge is 0.318 e. The number of anilines is 1. The molecule has 31 heavy (non-hydrogen) atoms. The summed E-state index contributed by atoms with van der Waals surface area (Å²) in [6.07, 6.45) is 1.78. The molecule has 0 saturated carbocycles. The predicted octanol–water partition coefficient (Wildman–Crippen LogP) is 5.43. The van der Waals surface area contributed by atoms with Crippen molar-refractivity contribution in [1.82, 2.24) is 9.88 Å². The van der Waals surface area contributed by atoms with Gasteiger partial charge < -0.3 is 10.2 Å². The second-order valence-electron chi connectivity index (χ2n) is 7.81. The highest BCUT2D eigenvalue weighted by Gasteiger charge is 2.20. The number of hydrogen-bond acceptors (Lipinski definition) is 5. The van der Waals surface area contributed by atoms with Crippen LogP contribution >= 0.6 is 11.3 Å². The number of benzene rings is 2. The van der Waals surface area contributed by atoms with Gasteiger partial charge in [-0.3, -0.25) is 0 Å². The van der Waals surface area contributed by atoms with Crippen LogP contribution < -0.4 is 5.32 Å². The maximum atomic E-state index is 12.9. The molecule has 2 amide bonds. The number of thiazole rings is 1. The van der Waals surface area contributed by atoms with Gasteiger partial charge in [0, 0.05) is 35.4 Å². The topological polar surface area (TPSA) is 79.4 Å². The third-order valence-electron chi connectivity index (χ3n) is 4.90. The minimum atomic E-state index is -3.34. The van der Waals surface area contributed by atoms with Crippen molar-refractivity contribution >= 4 is 32.9 Å². The highest BCUT2D eigenvalue weighted by molar-refractivity contribution is 7.92. The molecule has 0 aliphatic heterocycles. The van der Waals surface area contributed by atoms with Crippen LogP contribution in [0.15, 0.2) is 65.0 Å². The maximum Gasteiger partial charge on any atom is 0.322 e. The van der Waals surface area contributed by atoms with Crippen molar-refractivity contribution in [3.05, 3.63) is 65.7 Å². The lowest BCUT2D eigenvalue weighted by Crippen LogP contribution is -2.39. The van der Waals surface area contributed by atoms with E-state index in [9.17, 15) is 13.2 Å². The Balaban J connectivity index is 1.74. The van der Waals surface area contributed by atoms with Crippen LogP contribution in [0.25, 0.3) is 10.6 Å². The molecule has 1 aromatic heterocycles. The van der Waals surface area contributed by atoms with Gasteiger partial charge in [-0.25, -0.2) is 18.2 Å². The number of nitrogens with zero attached hydrogens (tertiary/aromatic N) is 2. The van der Waals surface area contributed by atoms with Crippen LogP contribution in [0, 0.1) is 0 Å². The molecule has 0 bridgehead atoms. The van der Waals surface area contributed by atoms with Crippen LogP contribution in [0.3, 0.4) is 0 Å². The summed E-state index contributed by atoms with van der Waals surface area (Å²) in [6.45, 7) is 7.66. The molecule has 8 heteroatoms. The van der Waals surface area contributed by atoms with E-state index < -0.39 is 15.1 Å². The van der Waals surface area contributed by atoms with E-state index in [1.165, 1.54) is 12.1 Å². The molecule has 0 saturated heterocycles. The Bertz CT molecular complexity index is 1120. The largest absolute Gasteiger partial charge is 0.322 e. The van der Waals surface area contributed by atoms with Crippen molar-refractivity contribution in [3.63, 3.8) is 0 Å². The third kappa shape index (κ3) is 5.51. The van der Waals surface area contributed by atoms with Crippen LogP contribution in [0.1, 0.15) is 33.3 Å². The van der Waals surface area contributed by atoms with E-state index in [0.717, 1.165) is 16.1 Å². The molecule has 6 nitrogen and oxygen atoms in total. The Morgan fingerprint density at radius 1 is 1.10 bits per heavy atom. The monoisotopic (exact) mass is 457 g/mol. The van der Waals surface area contributed by atoms with E-state index in [1.54, 1.807) is 48.4 Å². The zero-order valence-electron chi connectivity index (χ0n) is 18.1. The fourth-order valence-corrected chi connectivity index (χ4v) is 4.74. The first-order chi connectivity index (χ1) is 14.7. The quantitative estimate of drug-likeness (QED) is 0.513. The lowest BCUT2D eigenvalue weighted by molar-refractivity contribution is 0.193. The molecule has 3 aromatic rings. The average molecular weight is 458 g/mol. The Kier molecular flexibility index (Phi) is 7.12. The van der Waals surface area contributed by atoms with E-state index >= 15 is 0 Å². The van der Waals surface area contributed by atoms with Gasteiger partial charge >= 0.3 is 6.03 Å². The number of rotatable bonds is 7. The fraction of sp³-hybridized carbons (Fsp3) is 0.304. The standard InChI is InChI=1S/C23H27N3O3S2/c1-16(2)26(15-18-6-5-7-19(14-18)22-24-12-13-30-22)23(27)25-20-8-10-21(11-9-20)31(28,29)17(3)4/h5-14,16-17H,15H2,1-4H3,(H,25,27). The third-order valence-corrected chi connectivity index (χ3v) is 7.89. The molecule has 0 radical (unpaired) electrons. The molecule has 0 aliphatic rings. The van der Waals surface area contributed by atoms with Gasteiger partial charge in [0.25, 0.3) is 0 Å². The van der Waals surface area contributed by atoms with Crippen LogP contribution in [0.5, 0.6) is 0 Å². The minimum Gasteiger partial charge on any atom is -0.318 e. The SMILES string of the molecule is CC(C)N(Cc1cccc(-c2nccs2)c1)C(=O)Nc1ccc(S(=O)(=O)C(C)C)cc1. The molecule has 0 unspecified atom stereocenters. The number of urea groups is 1. The van der Waals surface area contributed by atoms with E-state index in [1.807, 2.05) is 43.5 Å².